The van der Waals surface area contributed by atoms with Crippen LogP contribution in [0.3, 0.4) is 0 Å². The molecule has 0 aliphatic carbocycles. The van der Waals surface area contributed by atoms with Crippen LogP contribution in [-0.2, 0) is 0 Å². The Labute approximate surface area is 127 Å². The molecule has 0 unspecified atom stereocenters. The van der Waals surface area contributed by atoms with Crippen LogP contribution in [0.15, 0.2) is 41.3 Å². The Balaban J connectivity index is 2.44. The summed E-state index contributed by atoms with van der Waals surface area (Å²) in [6.45, 7) is 0. The summed E-state index contributed by atoms with van der Waals surface area (Å²) in [4.78, 5) is 0.850. The maximum absolute atomic E-state index is 9.30. The molecule has 0 aromatic heterocycles. The Bertz CT molecular complexity index is 745. The van der Waals surface area contributed by atoms with Crippen LogP contribution in [0.25, 0.3) is 0 Å². The van der Waals surface area contributed by atoms with Gasteiger partial charge in [0, 0.05) is 11.0 Å². The van der Waals surface area contributed by atoms with Gasteiger partial charge in [0.05, 0.1) is 18.7 Å². The van der Waals surface area contributed by atoms with Gasteiger partial charge in [0.25, 0.3) is 0 Å². The van der Waals surface area contributed by atoms with E-state index in [9.17, 15) is 5.26 Å². The van der Waals surface area contributed by atoms with Gasteiger partial charge in [-0.05, 0) is 30.5 Å². The molecule has 0 N–H and O–H groups in total. The average molecular weight is 296 g/mol. The summed E-state index contributed by atoms with van der Waals surface area (Å²) in [6.07, 6.45) is 1.91. The number of hydrogen-bond acceptors (Lipinski definition) is 5. The summed E-state index contributed by atoms with van der Waals surface area (Å²) >= 11 is 1.48. The van der Waals surface area contributed by atoms with Crippen LogP contribution in [-0.4, -0.2) is 13.4 Å². The maximum atomic E-state index is 9.30. The Kier molecular flexibility index (Phi) is 4.71. The van der Waals surface area contributed by atoms with Crippen LogP contribution in [0.2, 0.25) is 0 Å². The molecule has 0 heterocycles. The molecule has 5 heteroatoms. The van der Waals surface area contributed by atoms with Crippen molar-refractivity contribution in [3.8, 4) is 29.4 Å². The van der Waals surface area contributed by atoms with E-state index in [0.717, 1.165) is 4.90 Å². The zero-order valence-electron chi connectivity index (χ0n) is 11.6. The van der Waals surface area contributed by atoms with Crippen molar-refractivity contribution in [3.63, 3.8) is 0 Å². The number of nitrogens with zero attached hydrogens (tertiary/aromatic N) is 2. The fourth-order valence-electron chi connectivity index (χ4n) is 1.82. The van der Waals surface area contributed by atoms with Crippen LogP contribution in [0, 0.1) is 22.7 Å². The van der Waals surface area contributed by atoms with Gasteiger partial charge < -0.3 is 9.47 Å². The predicted molar refractivity (Wildman–Crippen MR) is 80.7 cm³/mol. The molecule has 0 amide bonds. The molecule has 2 aromatic carbocycles. The third-order valence-corrected chi connectivity index (χ3v) is 3.61. The third-order valence-electron chi connectivity index (χ3n) is 2.83. The quantitative estimate of drug-likeness (QED) is 0.799. The first-order valence-corrected chi connectivity index (χ1v) is 7.29. The highest BCUT2D eigenvalue weighted by atomic mass is 32.2. The minimum atomic E-state index is 0.451. The van der Waals surface area contributed by atoms with Gasteiger partial charge in [0.15, 0.2) is 11.5 Å². The van der Waals surface area contributed by atoms with Crippen molar-refractivity contribution in [1.29, 1.82) is 10.5 Å². The van der Waals surface area contributed by atoms with E-state index in [1.165, 1.54) is 18.9 Å². The number of rotatable bonds is 4. The summed E-state index contributed by atoms with van der Waals surface area (Å²) < 4.78 is 11.0. The van der Waals surface area contributed by atoms with Gasteiger partial charge in [-0.15, -0.1) is 11.8 Å². The molecule has 0 aliphatic heterocycles. The summed E-state index contributed by atoms with van der Waals surface area (Å²) in [7, 11) is 1.51. The first kappa shape index (κ1) is 14.8. The lowest BCUT2D eigenvalue weighted by Gasteiger charge is -2.12. The highest BCUT2D eigenvalue weighted by Crippen LogP contribution is 2.36. The van der Waals surface area contributed by atoms with Crippen molar-refractivity contribution in [1.82, 2.24) is 0 Å². The minimum absolute atomic E-state index is 0.451. The highest BCUT2D eigenvalue weighted by Gasteiger charge is 2.12. The lowest BCUT2D eigenvalue weighted by atomic mass is 10.2. The van der Waals surface area contributed by atoms with E-state index in [1.54, 1.807) is 24.3 Å². The molecule has 0 fully saturated rings. The molecule has 0 bridgehead atoms. The molecule has 4 nitrogen and oxygen atoms in total. The first-order valence-electron chi connectivity index (χ1n) is 6.06. The number of nitriles is 2. The molecule has 2 aromatic rings. The van der Waals surface area contributed by atoms with Crippen LogP contribution >= 0.6 is 11.8 Å². The van der Waals surface area contributed by atoms with E-state index in [4.69, 9.17) is 14.7 Å². The van der Waals surface area contributed by atoms with Crippen LogP contribution in [0.1, 0.15) is 11.1 Å². The van der Waals surface area contributed by atoms with Crippen molar-refractivity contribution < 1.29 is 9.47 Å². The molecular formula is C16H12N2O2S. The second kappa shape index (κ2) is 6.69. The monoisotopic (exact) mass is 296 g/mol. The highest BCUT2D eigenvalue weighted by molar-refractivity contribution is 7.98. The second-order valence-electron chi connectivity index (χ2n) is 4.02. The molecule has 0 saturated carbocycles. The summed E-state index contributed by atoms with van der Waals surface area (Å²) in [5.74, 6) is 1.38. The maximum Gasteiger partial charge on any atom is 0.169 e. The predicted octanol–water partition coefficient (Wildman–Crippen LogP) is 3.95. The van der Waals surface area contributed by atoms with Gasteiger partial charge in [0.2, 0.25) is 0 Å². The summed E-state index contributed by atoms with van der Waals surface area (Å²) in [5, 5.41) is 18.2. The Hall–Kier alpha value is -2.63. The minimum Gasteiger partial charge on any atom is -0.493 e. The Morgan fingerprint density at radius 3 is 2.43 bits per heavy atom. The van der Waals surface area contributed by atoms with E-state index in [1.807, 2.05) is 24.5 Å². The largest absolute Gasteiger partial charge is 0.493 e. The molecule has 21 heavy (non-hydrogen) atoms. The van der Waals surface area contributed by atoms with Gasteiger partial charge in [0.1, 0.15) is 17.4 Å². The van der Waals surface area contributed by atoms with Crippen molar-refractivity contribution in [2.75, 3.05) is 13.4 Å². The summed E-state index contributed by atoms with van der Waals surface area (Å²) in [5.41, 5.74) is 0.967. The number of ether oxygens (including phenoxy) is 2. The van der Waals surface area contributed by atoms with Gasteiger partial charge in [-0.1, -0.05) is 6.07 Å². The van der Waals surface area contributed by atoms with Crippen LogP contribution in [0.4, 0.5) is 0 Å². The number of hydrogen-bond donors (Lipinski definition) is 0. The van der Waals surface area contributed by atoms with Crippen molar-refractivity contribution in [3.05, 3.63) is 47.5 Å². The lowest BCUT2D eigenvalue weighted by Crippen LogP contribution is -1.94. The van der Waals surface area contributed by atoms with E-state index in [0.29, 0.717) is 28.4 Å². The van der Waals surface area contributed by atoms with Gasteiger partial charge in [-0.25, -0.2) is 0 Å². The number of benzene rings is 2. The third kappa shape index (κ3) is 3.10. The fourth-order valence-corrected chi connectivity index (χ4v) is 2.38. The van der Waals surface area contributed by atoms with Gasteiger partial charge >= 0.3 is 0 Å². The van der Waals surface area contributed by atoms with E-state index in [-0.39, 0.29) is 0 Å². The van der Waals surface area contributed by atoms with Crippen molar-refractivity contribution in [2.24, 2.45) is 0 Å². The van der Waals surface area contributed by atoms with E-state index < -0.39 is 0 Å². The zero-order chi connectivity index (χ0) is 15.2. The second-order valence-corrected chi connectivity index (χ2v) is 4.87. The average Bonchev–Trinajstić information content (AvgIpc) is 2.54. The normalized spacial score (nSPS) is 9.52. The zero-order valence-corrected chi connectivity index (χ0v) is 12.4. The van der Waals surface area contributed by atoms with Crippen LogP contribution < -0.4 is 9.47 Å². The smallest absolute Gasteiger partial charge is 0.169 e. The first-order chi connectivity index (χ1) is 10.2. The fraction of sp³-hybridized carbons (Fsp3) is 0.125. The molecule has 0 radical (unpaired) electrons. The van der Waals surface area contributed by atoms with Crippen molar-refractivity contribution >= 4 is 11.8 Å². The number of thioether (sulfide) groups is 1. The molecule has 0 aliphatic rings. The molecule has 104 valence electrons. The lowest BCUT2D eigenvalue weighted by molar-refractivity contribution is 0.378. The SMILES string of the molecule is COc1cc(C#N)ccc1Oc1cccc(SC)c1C#N. The Morgan fingerprint density at radius 1 is 1.00 bits per heavy atom. The van der Waals surface area contributed by atoms with Gasteiger partial charge in [-0.2, -0.15) is 10.5 Å². The van der Waals surface area contributed by atoms with Crippen molar-refractivity contribution in [2.45, 2.75) is 4.90 Å². The molecule has 2 rings (SSSR count). The van der Waals surface area contributed by atoms with Crippen LogP contribution in [0.5, 0.6) is 17.2 Å². The Morgan fingerprint density at radius 2 is 1.81 bits per heavy atom. The van der Waals surface area contributed by atoms with E-state index in [2.05, 4.69) is 6.07 Å². The standard InChI is InChI=1S/C16H12N2O2S/c1-19-15-8-11(9-17)6-7-14(15)20-13-4-3-5-16(21-2)12(13)10-18/h3-8H,1-2H3. The summed E-state index contributed by atoms with van der Waals surface area (Å²) in [6, 6.07) is 14.5. The molecule has 0 saturated heterocycles. The topological polar surface area (TPSA) is 66.0 Å². The van der Waals surface area contributed by atoms with E-state index >= 15 is 0 Å². The molecular weight excluding hydrogens is 284 g/mol. The van der Waals surface area contributed by atoms with Gasteiger partial charge in [-0.3, -0.25) is 0 Å². The molecule has 0 spiro atoms. The number of methoxy groups -OCH3 is 1. The molecule has 0 atom stereocenters.